The summed E-state index contributed by atoms with van der Waals surface area (Å²) >= 11 is 0. The van der Waals surface area contributed by atoms with Crippen LogP contribution in [0.4, 0.5) is 0 Å². The van der Waals surface area contributed by atoms with E-state index in [4.69, 9.17) is 5.26 Å². The molecule has 0 atom stereocenters. The molecular formula is C11H21N3O2S. The molecule has 0 radical (unpaired) electrons. The van der Waals surface area contributed by atoms with Crippen LogP contribution in [0, 0.1) is 11.3 Å². The van der Waals surface area contributed by atoms with Gasteiger partial charge in [-0.1, -0.05) is 20.3 Å². The van der Waals surface area contributed by atoms with E-state index in [0.717, 1.165) is 19.3 Å². The number of nitrogens with one attached hydrogen (secondary N) is 1. The zero-order valence-electron chi connectivity index (χ0n) is 10.6. The molecule has 6 heteroatoms. The van der Waals surface area contributed by atoms with Crippen molar-refractivity contribution in [1.82, 2.24) is 9.03 Å². The van der Waals surface area contributed by atoms with Gasteiger partial charge < -0.3 is 0 Å². The Hall–Kier alpha value is -0.640. The number of hydrogen-bond acceptors (Lipinski definition) is 3. The molecule has 1 rings (SSSR count). The number of hydrogen-bond donors (Lipinski definition) is 1. The van der Waals surface area contributed by atoms with Crippen LogP contribution in [0.5, 0.6) is 0 Å². The molecule has 0 aromatic carbocycles. The van der Waals surface area contributed by atoms with Gasteiger partial charge in [-0.2, -0.15) is 22.7 Å². The molecule has 1 heterocycles. The number of nitriles is 1. The topological polar surface area (TPSA) is 73.2 Å². The van der Waals surface area contributed by atoms with Crippen molar-refractivity contribution in [3.05, 3.63) is 0 Å². The van der Waals surface area contributed by atoms with E-state index in [1.54, 1.807) is 0 Å². The normalized spacial score (nSPS) is 18.9. The SMILES string of the molecule is CCC(C#N)(CC)NS(=O)(=O)N1CCCCC1. The van der Waals surface area contributed by atoms with Gasteiger partial charge in [0.25, 0.3) is 10.2 Å². The van der Waals surface area contributed by atoms with Crippen LogP contribution in [0.2, 0.25) is 0 Å². The van der Waals surface area contributed by atoms with Crippen LogP contribution in [0.25, 0.3) is 0 Å². The highest BCUT2D eigenvalue weighted by Gasteiger charge is 2.34. The van der Waals surface area contributed by atoms with Gasteiger partial charge in [-0.05, 0) is 25.7 Å². The van der Waals surface area contributed by atoms with E-state index in [1.165, 1.54) is 4.31 Å². The third kappa shape index (κ3) is 3.41. The fourth-order valence-electron chi connectivity index (χ4n) is 1.99. The van der Waals surface area contributed by atoms with Crippen LogP contribution in [0.1, 0.15) is 46.0 Å². The Balaban J connectivity index is 2.81. The Morgan fingerprint density at radius 1 is 1.24 bits per heavy atom. The van der Waals surface area contributed by atoms with Gasteiger partial charge in [-0.3, -0.25) is 0 Å². The molecule has 17 heavy (non-hydrogen) atoms. The highest BCUT2D eigenvalue weighted by atomic mass is 32.2. The van der Waals surface area contributed by atoms with E-state index in [9.17, 15) is 8.42 Å². The lowest BCUT2D eigenvalue weighted by Gasteiger charge is -2.31. The van der Waals surface area contributed by atoms with Gasteiger partial charge in [0, 0.05) is 13.1 Å². The summed E-state index contributed by atoms with van der Waals surface area (Å²) < 4.78 is 28.3. The van der Waals surface area contributed by atoms with Crippen molar-refractivity contribution in [2.45, 2.75) is 51.5 Å². The lowest BCUT2D eigenvalue weighted by Crippen LogP contribution is -2.53. The van der Waals surface area contributed by atoms with Crippen LogP contribution < -0.4 is 4.72 Å². The van der Waals surface area contributed by atoms with Gasteiger partial charge in [0.2, 0.25) is 0 Å². The summed E-state index contributed by atoms with van der Waals surface area (Å²) in [5.41, 5.74) is -0.962. The maximum absolute atomic E-state index is 12.1. The van der Waals surface area contributed by atoms with Gasteiger partial charge in [0.1, 0.15) is 5.54 Å². The maximum atomic E-state index is 12.1. The molecule has 1 aliphatic heterocycles. The second-order valence-corrected chi connectivity index (χ2v) is 6.14. The Morgan fingerprint density at radius 3 is 2.18 bits per heavy atom. The van der Waals surface area contributed by atoms with Crippen molar-refractivity contribution in [1.29, 1.82) is 5.26 Å². The van der Waals surface area contributed by atoms with Crippen molar-refractivity contribution < 1.29 is 8.42 Å². The lowest BCUT2D eigenvalue weighted by molar-refractivity contribution is 0.329. The minimum Gasteiger partial charge on any atom is -0.196 e. The first-order chi connectivity index (χ1) is 7.99. The van der Waals surface area contributed by atoms with Gasteiger partial charge in [0.15, 0.2) is 0 Å². The smallest absolute Gasteiger partial charge is 0.196 e. The standard InChI is InChI=1S/C11H21N3O2S/c1-3-11(4-2,10-12)13-17(15,16)14-8-6-5-7-9-14/h13H,3-9H2,1-2H3. The van der Waals surface area contributed by atoms with E-state index in [1.807, 2.05) is 13.8 Å². The summed E-state index contributed by atoms with van der Waals surface area (Å²) in [5, 5.41) is 9.14. The Kier molecular flexibility index (Phi) is 4.92. The maximum Gasteiger partial charge on any atom is 0.280 e. The van der Waals surface area contributed by atoms with Crippen LogP contribution in [0.15, 0.2) is 0 Å². The molecule has 0 unspecified atom stereocenters. The molecule has 0 amide bonds. The first-order valence-electron chi connectivity index (χ1n) is 6.20. The van der Waals surface area contributed by atoms with Gasteiger partial charge >= 0.3 is 0 Å². The predicted molar refractivity (Wildman–Crippen MR) is 66.4 cm³/mol. The summed E-state index contributed by atoms with van der Waals surface area (Å²) in [6.07, 6.45) is 3.84. The van der Waals surface area contributed by atoms with E-state index in [-0.39, 0.29) is 0 Å². The van der Waals surface area contributed by atoms with Crippen molar-refractivity contribution in [3.8, 4) is 6.07 Å². The minimum absolute atomic E-state index is 0.479. The van der Waals surface area contributed by atoms with Crippen molar-refractivity contribution in [2.75, 3.05) is 13.1 Å². The van der Waals surface area contributed by atoms with Gasteiger partial charge in [0.05, 0.1) is 6.07 Å². The molecule has 0 aromatic rings. The molecule has 1 N–H and O–H groups in total. The first kappa shape index (κ1) is 14.4. The van der Waals surface area contributed by atoms with E-state index < -0.39 is 15.7 Å². The Morgan fingerprint density at radius 2 is 1.76 bits per heavy atom. The third-order valence-corrected chi connectivity index (χ3v) is 5.09. The second kappa shape index (κ2) is 5.80. The van der Waals surface area contributed by atoms with Crippen LogP contribution in [-0.4, -0.2) is 31.4 Å². The zero-order valence-corrected chi connectivity index (χ0v) is 11.4. The molecule has 0 aromatic heterocycles. The molecule has 0 bridgehead atoms. The van der Waals surface area contributed by atoms with E-state index in [2.05, 4.69) is 10.8 Å². The number of rotatable bonds is 5. The van der Waals surface area contributed by atoms with Gasteiger partial charge in [-0.25, -0.2) is 0 Å². The van der Waals surface area contributed by atoms with Crippen LogP contribution >= 0.6 is 0 Å². The zero-order chi connectivity index (χ0) is 12.9. The molecule has 0 spiro atoms. The highest BCUT2D eigenvalue weighted by Crippen LogP contribution is 2.19. The minimum atomic E-state index is -3.52. The highest BCUT2D eigenvalue weighted by molar-refractivity contribution is 7.87. The largest absolute Gasteiger partial charge is 0.280 e. The Bertz CT molecular complexity index is 376. The quantitative estimate of drug-likeness (QED) is 0.811. The predicted octanol–water partition coefficient (Wildman–Crippen LogP) is 1.39. The molecule has 1 fully saturated rings. The number of piperidine rings is 1. The number of nitrogens with zero attached hydrogens (tertiary/aromatic N) is 2. The van der Waals surface area contributed by atoms with Crippen molar-refractivity contribution in [2.24, 2.45) is 0 Å². The average molecular weight is 259 g/mol. The summed E-state index contributed by atoms with van der Waals surface area (Å²) in [4.78, 5) is 0. The fraction of sp³-hybridized carbons (Fsp3) is 0.909. The van der Waals surface area contributed by atoms with Crippen LogP contribution in [0.3, 0.4) is 0 Å². The van der Waals surface area contributed by atoms with Crippen molar-refractivity contribution in [3.63, 3.8) is 0 Å². The molecule has 5 nitrogen and oxygen atoms in total. The summed E-state index contributed by atoms with van der Waals surface area (Å²) in [6, 6.07) is 2.09. The molecule has 98 valence electrons. The molecule has 0 aliphatic carbocycles. The van der Waals surface area contributed by atoms with E-state index in [0.29, 0.717) is 25.9 Å². The third-order valence-electron chi connectivity index (χ3n) is 3.40. The van der Waals surface area contributed by atoms with Crippen molar-refractivity contribution >= 4 is 10.2 Å². The summed E-state index contributed by atoms with van der Waals surface area (Å²) in [7, 11) is -3.52. The Labute approximate surface area is 104 Å². The monoisotopic (exact) mass is 259 g/mol. The molecule has 1 aliphatic rings. The average Bonchev–Trinajstić information content (AvgIpc) is 2.37. The van der Waals surface area contributed by atoms with E-state index >= 15 is 0 Å². The first-order valence-corrected chi connectivity index (χ1v) is 7.64. The molecule has 0 saturated carbocycles. The molecular weight excluding hydrogens is 238 g/mol. The summed E-state index contributed by atoms with van der Waals surface area (Å²) in [6.45, 7) is 4.77. The second-order valence-electron chi connectivity index (χ2n) is 4.47. The van der Waals surface area contributed by atoms with Gasteiger partial charge in [-0.15, -0.1) is 0 Å². The summed E-state index contributed by atoms with van der Waals surface area (Å²) in [5.74, 6) is 0. The lowest BCUT2D eigenvalue weighted by atomic mass is 9.97. The fourth-order valence-corrected chi connectivity index (χ4v) is 3.69. The molecule has 1 saturated heterocycles. The van der Waals surface area contributed by atoms with Crippen LogP contribution in [-0.2, 0) is 10.2 Å².